The maximum absolute atomic E-state index is 13.5. The number of halogens is 4. The van der Waals surface area contributed by atoms with Gasteiger partial charge in [-0.3, -0.25) is 4.79 Å². The minimum atomic E-state index is -4.61. The number of rotatable bonds is 3. The van der Waals surface area contributed by atoms with Crippen LogP contribution in [0.15, 0.2) is 18.2 Å². The lowest BCUT2D eigenvalue weighted by Crippen LogP contribution is -2.30. The van der Waals surface area contributed by atoms with Crippen LogP contribution in [0, 0.1) is 11.7 Å². The van der Waals surface area contributed by atoms with Gasteiger partial charge in [0, 0.05) is 12.6 Å². The van der Waals surface area contributed by atoms with Gasteiger partial charge in [0.05, 0.1) is 11.1 Å². The van der Waals surface area contributed by atoms with E-state index < -0.39 is 29.0 Å². The van der Waals surface area contributed by atoms with Crippen molar-refractivity contribution in [3.63, 3.8) is 0 Å². The van der Waals surface area contributed by atoms with Crippen LogP contribution in [-0.2, 0) is 6.18 Å². The van der Waals surface area contributed by atoms with Gasteiger partial charge in [-0.1, -0.05) is 0 Å². The van der Waals surface area contributed by atoms with Crippen LogP contribution in [0.5, 0.6) is 0 Å². The van der Waals surface area contributed by atoms with Crippen LogP contribution in [0.25, 0.3) is 0 Å². The largest absolute Gasteiger partial charge is 0.416 e. The van der Waals surface area contributed by atoms with E-state index in [-0.39, 0.29) is 12.0 Å². The van der Waals surface area contributed by atoms with Crippen molar-refractivity contribution in [3.8, 4) is 0 Å². The molecule has 0 radical (unpaired) electrons. The smallest absolute Gasteiger partial charge is 0.352 e. The number of hydrogen-bond acceptors (Lipinski definition) is 2. The summed E-state index contributed by atoms with van der Waals surface area (Å²) < 4.78 is 51.2. The first-order chi connectivity index (χ1) is 9.77. The first kappa shape index (κ1) is 15.8. The van der Waals surface area contributed by atoms with Gasteiger partial charge in [-0.05, 0) is 43.4 Å². The molecule has 3 N–H and O–H groups in total. The molecule has 1 fully saturated rings. The topological polar surface area (TPSA) is 55.1 Å². The molecule has 0 saturated heterocycles. The summed E-state index contributed by atoms with van der Waals surface area (Å²) in [6.07, 6.45) is -2.14. The predicted octanol–water partition coefficient (Wildman–Crippen LogP) is 2.70. The summed E-state index contributed by atoms with van der Waals surface area (Å²) in [5.41, 5.74) is 4.10. The Labute approximate surface area is 119 Å². The van der Waals surface area contributed by atoms with E-state index in [1.807, 2.05) is 0 Å². The standard InChI is InChI=1S/C14H16F4N2O/c15-12-4-2-9(14(16,17)18)6-11(12)13(21)20-7-8-1-3-10(19)5-8/h2,4,6,8,10H,1,3,5,7,19H2,(H,20,21). The lowest BCUT2D eigenvalue weighted by atomic mass is 10.1. The molecule has 1 aliphatic rings. The minimum absolute atomic E-state index is 0.0946. The summed E-state index contributed by atoms with van der Waals surface area (Å²) in [6, 6.07) is 1.90. The van der Waals surface area contributed by atoms with Crippen molar-refractivity contribution in [2.45, 2.75) is 31.5 Å². The van der Waals surface area contributed by atoms with Gasteiger partial charge in [0.2, 0.25) is 0 Å². The molecule has 0 bridgehead atoms. The fourth-order valence-electron chi connectivity index (χ4n) is 2.51. The molecule has 1 aromatic rings. The quantitative estimate of drug-likeness (QED) is 0.844. The predicted molar refractivity (Wildman–Crippen MR) is 69.1 cm³/mol. The molecule has 0 aromatic heterocycles. The van der Waals surface area contributed by atoms with Gasteiger partial charge in [0.1, 0.15) is 5.82 Å². The SMILES string of the molecule is NC1CCC(CNC(=O)c2cc(C(F)(F)F)ccc2F)C1. The van der Waals surface area contributed by atoms with Crippen molar-refractivity contribution in [3.05, 3.63) is 35.1 Å². The average Bonchev–Trinajstić information content (AvgIpc) is 2.81. The van der Waals surface area contributed by atoms with E-state index >= 15 is 0 Å². The molecule has 1 aromatic carbocycles. The van der Waals surface area contributed by atoms with Gasteiger partial charge in [-0.25, -0.2) is 4.39 Å². The Morgan fingerprint density at radius 3 is 2.62 bits per heavy atom. The average molecular weight is 304 g/mol. The number of nitrogens with two attached hydrogens (primary N) is 1. The fourth-order valence-corrected chi connectivity index (χ4v) is 2.51. The van der Waals surface area contributed by atoms with Crippen molar-refractivity contribution >= 4 is 5.91 Å². The number of hydrogen-bond donors (Lipinski definition) is 2. The number of benzene rings is 1. The summed E-state index contributed by atoms with van der Waals surface area (Å²) >= 11 is 0. The Balaban J connectivity index is 2.04. The van der Waals surface area contributed by atoms with E-state index in [0.29, 0.717) is 24.7 Å². The van der Waals surface area contributed by atoms with E-state index in [1.54, 1.807) is 0 Å². The summed E-state index contributed by atoms with van der Waals surface area (Å²) in [5.74, 6) is -1.61. The van der Waals surface area contributed by atoms with Crippen LogP contribution in [0.4, 0.5) is 17.6 Å². The molecule has 0 spiro atoms. The molecule has 21 heavy (non-hydrogen) atoms. The van der Waals surface area contributed by atoms with Crippen LogP contribution in [0.2, 0.25) is 0 Å². The summed E-state index contributed by atoms with van der Waals surface area (Å²) in [4.78, 5) is 11.8. The van der Waals surface area contributed by atoms with E-state index in [9.17, 15) is 22.4 Å². The highest BCUT2D eigenvalue weighted by Crippen LogP contribution is 2.30. The fraction of sp³-hybridized carbons (Fsp3) is 0.500. The Bertz CT molecular complexity index is 530. The third-order valence-corrected chi connectivity index (χ3v) is 3.67. The number of carbonyl (C=O) groups excluding carboxylic acids is 1. The number of nitrogens with one attached hydrogen (secondary N) is 1. The molecular formula is C14H16F4N2O. The molecule has 2 atom stereocenters. The Hall–Kier alpha value is -1.63. The van der Waals surface area contributed by atoms with Crippen molar-refractivity contribution in [1.29, 1.82) is 0 Å². The van der Waals surface area contributed by atoms with Crippen molar-refractivity contribution in [2.75, 3.05) is 6.54 Å². The molecular weight excluding hydrogens is 288 g/mol. The number of carbonyl (C=O) groups is 1. The van der Waals surface area contributed by atoms with E-state index in [0.717, 1.165) is 19.3 Å². The number of amides is 1. The molecule has 2 unspecified atom stereocenters. The van der Waals surface area contributed by atoms with Gasteiger partial charge < -0.3 is 11.1 Å². The molecule has 116 valence electrons. The third kappa shape index (κ3) is 3.93. The Morgan fingerprint density at radius 1 is 1.33 bits per heavy atom. The second-order valence-electron chi connectivity index (χ2n) is 5.34. The van der Waals surface area contributed by atoms with Gasteiger partial charge in [0.25, 0.3) is 5.91 Å². The molecule has 0 aliphatic heterocycles. The highest BCUT2D eigenvalue weighted by Gasteiger charge is 2.32. The van der Waals surface area contributed by atoms with Crippen LogP contribution in [0.1, 0.15) is 35.2 Å². The van der Waals surface area contributed by atoms with Gasteiger partial charge in [-0.15, -0.1) is 0 Å². The molecule has 7 heteroatoms. The normalized spacial score (nSPS) is 22.3. The van der Waals surface area contributed by atoms with Crippen LogP contribution in [0.3, 0.4) is 0 Å². The zero-order valence-electron chi connectivity index (χ0n) is 11.2. The maximum Gasteiger partial charge on any atom is 0.416 e. The first-order valence-electron chi connectivity index (χ1n) is 6.68. The van der Waals surface area contributed by atoms with E-state index in [1.165, 1.54) is 0 Å². The van der Waals surface area contributed by atoms with Crippen LogP contribution >= 0.6 is 0 Å². The molecule has 1 saturated carbocycles. The number of alkyl halides is 3. The highest BCUT2D eigenvalue weighted by atomic mass is 19.4. The van der Waals surface area contributed by atoms with Gasteiger partial charge >= 0.3 is 6.18 Å². The second kappa shape index (κ2) is 6.01. The zero-order valence-corrected chi connectivity index (χ0v) is 11.2. The minimum Gasteiger partial charge on any atom is -0.352 e. The van der Waals surface area contributed by atoms with Crippen molar-refractivity contribution in [2.24, 2.45) is 11.7 Å². The maximum atomic E-state index is 13.5. The molecule has 3 nitrogen and oxygen atoms in total. The van der Waals surface area contributed by atoms with Gasteiger partial charge in [0.15, 0.2) is 0 Å². The van der Waals surface area contributed by atoms with Crippen molar-refractivity contribution in [1.82, 2.24) is 5.32 Å². The van der Waals surface area contributed by atoms with Gasteiger partial charge in [-0.2, -0.15) is 13.2 Å². The lowest BCUT2D eigenvalue weighted by Gasteiger charge is -2.13. The van der Waals surface area contributed by atoms with Crippen molar-refractivity contribution < 1.29 is 22.4 Å². The van der Waals surface area contributed by atoms with E-state index in [4.69, 9.17) is 5.73 Å². The van der Waals surface area contributed by atoms with E-state index in [2.05, 4.69) is 5.32 Å². The second-order valence-corrected chi connectivity index (χ2v) is 5.34. The van der Waals surface area contributed by atoms with Crippen LogP contribution < -0.4 is 11.1 Å². The Kier molecular flexibility index (Phi) is 4.51. The summed E-state index contributed by atoms with van der Waals surface area (Å²) in [6.45, 7) is 0.294. The summed E-state index contributed by atoms with van der Waals surface area (Å²) in [7, 11) is 0. The third-order valence-electron chi connectivity index (χ3n) is 3.67. The summed E-state index contributed by atoms with van der Waals surface area (Å²) in [5, 5.41) is 2.48. The highest BCUT2D eigenvalue weighted by molar-refractivity contribution is 5.94. The lowest BCUT2D eigenvalue weighted by molar-refractivity contribution is -0.137. The molecule has 0 heterocycles. The monoisotopic (exact) mass is 304 g/mol. The molecule has 1 amide bonds. The first-order valence-corrected chi connectivity index (χ1v) is 6.68. The zero-order chi connectivity index (χ0) is 15.6. The molecule has 2 rings (SSSR count). The molecule has 1 aliphatic carbocycles. The van der Waals surface area contributed by atoms with Crippen LogP contribution in [-0.4, -0.2) is 18.5 Å². The Morgan fingerprint density at radius 2 is 2.05 bits per heavy atom.